The Kier molecular flexibility index (Phi) is 5.62. The first kappa shape index (κ1) is 23.0. The van der Waals surface area contributed by atoms with Gasteiger partial charge in [0.1, 0.15) is 23.6 Å². The maximum absolute atomic E-state index is 6.45. The maximum Gasteiger partial charge on any atom is 0.146 e. The highest BCUT2D eigenvalue weighted by atomic mass is 15.2. The molecule has 8 heteroatoms. The van der Waals surface area contributed by atoms with Gasteiger partial charge in [-0.3, -0.25) is 0 Å². The number of nitrogens with one attached hydrogen (secondary N) is 2. The van der Waals surface area contributed by atoms with Gasteiger partial charge in [0, 0.05) is 54.2 Å². The molecular formula is C30H32N8. The predicted molar refractivity (Wildman–Crippen MR) is 155 cm³/mol. The van der Waals surface area contributed by atoms with Crippen LogP contribution in [-0.4, -0.2) is 51.1 Å². The molecule has 5 aromatic rings. The van der Waals surface area contributed by atoms with Gasteiger partial charge in [0.05, 0.1) is 10.9 Å². The summed E-state index contributed by atoms with van der Waals surface area (Å²) in [6.45, 7) is 3.74. The number of benzene rings is 2. The topological polar surface area (TPSA) is 96.9 Å². The number of anilines is 4. The predicted octanol–water partition coefficient (Wildman–Crippen LogP) is 5.67. The van der Waals surface area contributed by atoms with E-state index in [1.54, 1.807) is 6.33 Å². The number of nitrogen functional groups attached to an aromatic ring is 1. The molecule has 4 N–H and O–H groups in total. The number of pyridine rings is 1. The average molecular weight is 505 g/mol. The minimum Gasteiger partial charge on any atom is -0.387 e. The van der Waals surface area contributed by atoms with Crippen LogP contribution < -0.4 is 16.4 Å². The van der Waals surface area contributed by atoms with Crippen molar-refractivity contribution in [3.63, 3.8) is 0 Å². The number of aromatic nitrogens is 4. The van der Waals surface area contributed by atoms with Crippen LogP contribution in [0, 0.1) is 5.92 Å². The summed E-state index contributed by atoms with van der Waals surface area (Å²) >= 11 is 0. The highest BCUT2D eigenvalue weighted by Gasteiger charge is 2.34. The smallest absolute Gasteiger partial charge is 0.146 e. The Bertz CT molecular complexity index is 1620. The van der Waals surface area contributed by atoms with Gasteiger partial charge < -0.3 is 25.8 Å². The van der Waals surface area contributed by atoms with Crippen molar-refractivity contribution in [3.8, 4) is 11.1 Å². The zero-order chi connectivity index (χ0) is 25.6. The number of para-hydroxylation sites is 1. The third kappa shape index (κ3) is 4.01. The molecule has 0 spiro atoms. The molecule has 3 aromatic heterocycles. The fourth-order valence-electron chi connectivity index (χ4n) is 5.95. The van der Waals surface area contributed by atoms with Crippen LogP contribution in [0.4, 0.5) is 23.0 Å². The molecule has 1 saturated heterocycles. The van der Waals surface area contributed by atoms with E-state index >= 15 is 0 Å². The number of hydrogen-bond acceptors (Lipinski definition) is 7. The van der Waals surface area contributed by atoms with Crippen LogP contribution in [0.25, 0.3) is 33.1 Å². The highest BCUT2D eigenvalue weighted by molar-refractivity contribution is 6.03. The van der Waals surface area contributed by atoms with Crippen molar-refractivity contribution in [2.75, 3.05) is 43.0 Å². The summed E-state index contributed by atoms with van der Waals surface area (Å²) in [5.41, 5.74) is 12.4. The summed E-state index contributed by atoms with van der Waals surface area (Å²) in [6, 6.07) is 19.0. The van der Waals surface area contributed by atoms with Crippen LogP contribution in [0.2, 0.25) is 0 Å². The van der Waals surface area contributed by atoms with Crippen LogP contribution in [0.1, 0.15) is 25.3 Å². The van der Waals surface area contributed by atoms with Gasteiger partial charge in [-0.15, -0.1) is 0 Å². The standard InChI is InChI=1S/C30H32N8/c1-32-25-15-27(35-21-6-3-2-4-7-21)36-26-14-20(8-9-23(25)26)24-17-38(30-28(24)29(31)33-18-34-30)22-12-19(13-22)16-37-10-5-11-37/h2-4,6-9,14-15,17-19,22H,5,10-13,16H2,1H3,(H2,31,33,34)(H2,32,35,36). The van der Waals surface area contributed by atoms with Gasteiger partial charge in [-0.25, -0.2) is 15.0 Å². The molecule has 1 aliphatic carbocycles. The SMILES string of the molecule is CNc1cc(Nc2ccccc2)nc2cc(-c3cn(C4CC(CN5CCC5)C4)c4ncnc(N)c34)ccc12. The number of fused-ring (bicyclic) bond motifs is 2. The van der Waals surface area contributed by atoms with E-state index in [0.29, 0.717) is 11.9 Å². The second-order valence-corrected chi connectivity index (χ2v) is 10.6. The third-order valence-corrected chi connectivity index (χ3v) is 8.14. The molecule has 2 aliphatic rings. The van der Waals surface area contributed by atoms with E-state index in [9.17, 15) is 0 Å². The molecule has 2 aromatic carbocycles. The summed E-state index contributed by atoms with van der Waals surface area (Å²) in [5.74, 6) is 2.07. The van der Waals surface area contributed by atoms with Gasteiger partial charge in [0.25, 0.3) is 0 Å². The number of rotatable bonds is 7. The zero-order valence-corrected chi connectivity index (χ0v) is 21.6. The maximum atomic E-state index is 6.45. The van der Waals surface area contributed by atoms with E-state index < -0.39 is 0 Å². The Balaban J connectivity index is 1.26. The van der Waals surface area contributed by atoms with Crippen molar-refractivity contribution in [3.05, 3.63) is 67.1 Å². The molecule has 38 heavy (non-hydrogen) atoms. The molecule has 192 valence electrons. The van der Waals surface area contributed by atoms with Gasteiger partial charge in [-0.1, -0.05) is 30.3 Å². The lowest BCUT2D eigenvalue weighted by Gasteiger charge is -2.42. The molecule has 2 fully saturated rings. The summed E-state index contributed by atoms with van der Waals surface area (Å²) in [5, 5.41) is 8.74. The number of nitrogens with zero attached hydrogens (tertiary/aromatic N) is 5. The molecule has 0 unspecified atom stereocenters. The van der Waals surface area contributed by atoms with Gasteiger partial charge in [-0.2, -0.15) is 0 Å². The summed E-state index contributed by atoms with van der Waals surface area (Å²) in [7, 11) is 1.94. The molecule has 0 atom stereocenters. The van der Waals surface area contributed by atoms with Crippen LogP contribution >= 0.6 is 0 Å². The Morgan fingerprint density at radius 1 is 1.03 bits per heavy atom. The number of nitrogens with two attached hydrogens (primary N) is 1. The van der Waals surface area contributed by atoms with Gasteiger partial charge in [-0.05, 0) is 62.0 Å². The first-order valence-electron chi connectivity index (χ1n) is 13.4. The van der Waals surface area contributed by atoms with Crippen molar-refractivity contribution in [2.45, 2.75) is 25.3 Å². The van der Waals surface area contributed by atoms with Crippen LogP contribution in [0.5, 0.6) is 0 Å². The van der Waals surface area contributed by atoms with Crippen molar-refractivity contribution < 1.29 is 0 Å². The average Bonchev–Trinajstić information content (AvgIpc) is 3.27. The second kappa shape index (κ2) is 9.29. The highest BCUT2D eigenvalue weighted by Crippen LogP contribution is 2.44. The molecule has 1 aliphatic heterocycles. The molecule has 0 radical (unpaired) electrons. The van der Waals surface area contributed by atoms with Gasteiger partial charge in [0.2, 0.25) is 0 Å². The second-order valence-electron chi connectivity index (χ2n) is 10.6. The minimum atomic E-state index is 0.447. The lowest BCUT2D eigenvalue weighted by atomic mass is 9.79. The van der Waals surface area contributed by atoms with Crippen molar-refractivity contribution in [1.29, 1.82) is 0 Å². The summed E-state index contributed by atoms with van der Waals surface area (Å²) in [4.78, 5) is 16.6. The van der Waals surface area contributed by atoms with Crippen LogP contribution in [0.15, 0.2) is 67.1 Å². The third-order valence-electron chi connectivity index (χ3n) is 8.14. The summed E-state index contributed by atoms with van der Waals surface area (Å²) in [6.07, 6.45) is 7.52. The van der Waals surface area contributed by atoms with Crippen LogP contribution in [0.3, 0.4) is 0 Å². The van der Waals surface area contributed by atoms with Crippen molar-refractivity contribution in [1.82, 2.24) is 24.4 Å². The Morgan fingerprint density at radius 2 is 1.87 bits per heavy atom. The monoisotopic (exact) mass is 504 g/mol. The lowest BCUT2D eigenvalue weighted by molar-refractivity contribution is 0.0921. The van der Waals surface area contributed by atoms with E-state index in [4.69, 9.17) is 10.7 Å². The first-order chi connectivity index (χ1) is 18.7. The van der Waals surface area contributed by atoms with E-state index in [2.05, 4.69) is 54.5 Å². The van der Waals surface area contributed by atoms with Crippen molar-refractivity contribution in [2.24, 2.45) is 5.92 Å². The molecule has 0 amide bonds. The zero-order valence-electron chi connectivity index (χ0n) is 21.6. The Labute approximate surface area is 221 Å². The normalized spacial score (nSPS) is 19.3. The largest absolute Gasteiger partial charge is 0.387 e. The van der Waals surface area contributed by atoms with Crippen molar-refractivity contribution >= 4 is 44.9 Å². The molecule has 1 saturated carbocycles. The Hall–Kier alpha value is -4.17. The minimum absolute atomic E-state index is 0.447. The quantitative estimate of drug-likeness (QED) is 0.263. The molecule has 8 nitrogen and oxygen atoms in total. The van der Waals surface area contributed by atoms with E-state index in [-0.39, 0.29) is 0 Å². The van der Waals surface area contributed by atoms with Gasteiger partial charge >= 0.3 is 0 Å². The molecule has 0 bridgehead atoms. The first-order valence-corrected chi connectivity index (χ1v) is 13.4. The van der Waals surface area contributed by atoms with E-state index in [1.807, 2.05) is 43.4 Å². The lowest BCUT2D eigenvalue weighted by Crippen LogP contribution is -2.43. The van der Waals surface area contributed by atoms with E-state index in [0.717, 1.165) is 56.2 Å². The molecule has 7 rings (SSSR count). The number of hydrogen-bond donors (Lipinski definition) is 3. The van der Waals surface area contributed by atoms with Crippen LogP contribution in [-0.2, 0) is 0 Å². The fourth-order valence-corrected chi connectivity index (χ4v) is 5.95. The Morgan fingerprint density at radius 3 is 2.63 bits per heavy atom. The van der Waals surface area contributed by atoms with E-state index in [1.165, 1.54) is 38.9 Å². The molecular weight excluding hydrogens is 472 g/mol. The number of likely N-dealkylation sites (tertiary alicyclic amines) is 1. The van der Waals surface area contributed by atoms with Gasteiger partial charge in [0.15, 0.2) is 0 Å². The molecule has 4 heterocycles. The fraction of sp³-hybridized carbons (Fsp3) is 0.300. The summed E-state index contributed by atoms with van der Waals surface area (Å²) < 4.78 is 2.33.